The van der Waals surface area contributed by atoms with E-state index >= 15 is 0 Å². The minimum atomic E-state index is -0.241. The van der Waals surface area contributed by atoms with Gasteiger partial charge in [0, 0.05) is 10.9 Å². The van der Waals surface area contributed by atoms with E-state index in [0.717, 1.165) is 16.9 Å². The summed E-state index contributed by atoms with van der Waals surface area (Å²) in [7, 11) is 1.47. The molecule has 0 aliphatic rings. The minimum absolute atomic E-state index is 0.241. The van der Waals surface area contributed by atoms with Gasteiger partial charge in [-0.1, -0.05) is 0 Å². The van der Waals surface area contributed by atoms with Gasteiger partial charge in [0.05, 0.1) is 7.11 Å². The van der Waals surface area contributed by atoms with Gasteiger partial charge in [-0.05, 0) is 6.92 Å². The Morgan fingerprint density at radius 2 is 2.33 bits per heavy atom. The summed E-state index contributed by atoms with van der Waals surface area (Å²) in [6.45, 7) is 1.82. The van der Waals surface area contributed by atoms with Crippen LogP contribution in [0.5, 0.6) is 5.75 Å². The number of rotatable bonds is 1. The van der Waals surface area contributed by atoms with Gasteiger partial charge in [-0.15, -0.1) is 11.3 Å². The summed E-state index contributed by atoms with van der Waals surface area (Å²) in [5.74, 6) is 0.375. The van der Waals surface area contributed by atoms with Crippen molar-refractivity contribution in [2.24, 2.45) is 0 Å². The van der Waals surface area contributed by atoms with Crippen LogP contribution in [0.4, 0.5) is 4.39 Å². The molecule has 0 spiro atoms. The molecular formula is C6H7FOS. The predicted molar refractivity (Wildman–Crippen MR) is 35.6 cm³/mol. The molecule has 0 bridgehead atoms. The monoisotopic (exact) mass is 146 g/mol. The van der Waals surface area contributed by atoms with E-state index in [1.54, 1.807) is 5.38 Å². The standard InChI is InChI=1S/C6H7FOS/c1-4-3-9-6(7)5(4)8-2/h3H,1-2H3. The first-order chi connectivity index (χ1) is 4.25. The normalized spacial score (nSPS) is 9.67. The average molecular weight is 146 g/mol. The molecule has 0 N–H and O–H groups in total. The quantitative estimate of drug-likeness (QED) is 0.590. The van der Waals surface area contributed by atoms with Crippen molar-refractivity contribution in [3.05, 3.63) is 16.1 Å². The van der Waals surface area contributed by atoms with E-state index < -0.39 is 0 Å². The van der Waals surface area contributed by atoms with Gasteiger partial charge in [0.2, 0.25) is 5.13 Å². The van der Waals surface area contributed by atoms with Crippen molar-refractivity contribution in [1.82, 2.24) is 0 Å². The lowest BCUT2D eigenvalue weighted by atomic mass is 10.4. The van der Waals surface area contributed by atoms with E-state index in [9.17, 15) is 4.39 Å². The van der Waals surface area contributed by atoms with Crippen LogP contribution >= 0.6 is 11.3 Å². The van der Waals surface area contributed by atoms with Crippen LogP contribution < -0.4 is 4.74 Å². The zero-order chi connectivity index (χ0) is 6.85. The van der Waals surface area contributed by atoms with Crippen LogP contribution in [0.2, 0.25) is 0 Å². The summed E-state index contributed by atoms with van der Waals surface area (Å²) in [6.07, 6.45) is 0. The van der Waals surface area contributed by atoms with E-state index in [4.69, 9.17) is 4.74 Å². The van der Waals surface area contributed by atoms with E-state index in [1.165, 1.54) is 7.11 Å². The van der Waals surface area contributed by atoms with Gasteiger partial charge in [-0.3, -0.25) is 0 Å². The highest BCUT2D eigenvalue weighted by Gasteiger charge is 2.06. The molecular weight excluding hydrogens is 139 g/mol. The molecule has 0 aliphatic carbocycles. The van der Waals surface area contributed by atoms with Gasteiger partial charge in [-0.25, -0.2) is 0 Å². The van der Waals surface area contributed by atoms with Crippen molar-refractivity contribution in [3.8, 4) is 5.75 Å². The SMILES string of the molecule is COc1c(C)csc1F. The van der Waals surface area contributed by atoms with Crippen LogP contribution in [-0.4, -0.2) is 7.11 Å². The fourth-order valence-electron chi connectivity index (χ4n) is 0.643. The molecule has 0 aliphatic heterocycles. The van der Waals surface area contributed by atoms with Gasteiger partial charge >= 0.3 is 0 Å². The molecule has 1 aromatic rings. The Hall–Kier alpha value is -0.570. The van der Waals surface area contributed by atoms with E-state index in [1.807, 2.05) is 6.92 Å². The molecule has 0 atom stereocenters. The highest BCUT2D eigenvalue weighted by Crippen LogP contribution is 2.26. The highest BCUT2D eigenvalue weighted by molar-refractivity contribution is 7.08. The fourth-order valence-corrected chi connectivity index (χ4v) is 1.38. The summed E-state index contributed by atoms with van der Waals surface area (Å²) in [5, 5.41) is 1.49. The zero-order valence-corrected chi connectivity index (χ0v) is 6.09. The maximum Gasteiger partial charge on any atom is 0.218 e. The molecule has 0 radical (unpaired) electrons. The Balaban J connectivity index is 3.07. The lowest BCUT2D eigenvalue weighted by Gasteiger charge is -1.94. The van der Waals surface area contributed by atoms with E-state index in [-0.39, 0.29) is 5.13 Å². The predicted octanol–water partition coefficient (Wildman–Crippen LogP) is 2.20. The summed E-state index contributed by atoms with van der Waals surface area (Å²) < 4.78 is 17.3. The second-order valence-corrected chi connectivity index (χ2v) is 2.56. The molecule has 1 heterocycles. The summed E-state index contributed by atoms with van der Waals surface area (Å²) in [6, 6.07) is 0. The molecule has 0 amide bonds. The van der Waals surface area contributed by atoms with Crippen molar-refractivity contribution in [3.63, 3.8) is 0 Å². The van der Waals surface area contributed by atoms with Crippen LogP contribution in [0, 0.1) is 12.1 Å². The Bertz CT molecular complexity index is 187. The number of aryl methyl sites for hydroxylation is 1. The summed E-state index contributed by atoms with van der Waals surface area (Å²) in [4.78, 5) is 0. The third-order valence-corrected chi connectivity index (χ3v) is 1.94. The number of thiophene rings is 1. The lowest BCUT2D eigenvalue weighted by Crippen LogP contribution is -1.83. The zero-order valence-electron chi connectivity index (χ0n) is 5.27. The van der Waals surface area contributed by atoms with Gasteiger partial charge in [0.15, 0.2) is 5.75 Å². The van der Waals surface area contributed by atoms with Crippen LogP contribution in [0.1, 0.15) is 5.56 Å². The minimum Gasteiger partial charge on any atom is -0.492 e. The highest BCUT2D eigenvalue weighted by atomic mass is 32.1. The first-order valence-corrected chi connectivity index (χ1v) is 3.41. The van der Waals surface area contributed by atoms with Crippen molar-refractivity contribution in [1.29, 1.82) is 0 Å². The Morgan fingerprint density at radius 3 is 2.56 bits per heavy atom. The summed E-state index contributed by atoms with van der Waals surface area (Å²) in [5.41, 5.74) is 0.861. The molecule has 0 unspecified atom stereocenters. The van der Waals surface area contributed by atoms with E-state index in [0.29, 0.717) is 5.75 Å². The van der Waals surface area contributed by atoms with Crippen molar-refractivity contribution >= 4 is 11.3 Å². The van der Waals surface area contributed by atoms with Crippen LogP contribution in [0.15, 0.2) is 5.38 Å². The van der Waals surface area contributed by atoms with Gasteiger partial charge in [0.25, 0.3) is 0 Å². The summed E-state index contributed by atoms with van der Waals surface area (Å²) >= 11 is 1.06. The molecule has 50 valence electrons. The van der Waals surface area contributed by atoms with Crippen LogP contribution in [0.25, 0.3) is 0 Å². The third-order valence-electron chi connectivity index (χ3n) is 1.08. The molecule has 0 fully saturated rings. The smallest absolute Gasteiger partial charge is 0.218 e. The maximum atomic E-state index is 12.5. The second kappa shape index (κ2) is 2.35. The molecule has 3 heteroatoms. The van der Waals surface area contributed by atoms with Crippen molar-refractivity contribution in [2.75, 3.05) is 7.11 Å². The Kier molecular flexibility index (Phi) is 1.71. The fraction of sp³-hybridized carbons (Fsp3) is 0.333. The molecule has 1 rings (SSSR count). The first kappa shape index (κ1) is 6.55. The Labute approximate surface area is 57.1 Å². The number of hydrogen-bond acceptors (Lipinski definition) is 2. The largest absolute Gasteiger partial charge is 0.492 e. The molecule has 1 nitrogen and oxygen atoms in total. The van der Waals surface area contributed by atoms with Crippen molar-refractivity contribution < 1.29 is 9.13 Å². The topological polar surface area (TPSA) is 9.23 Å². The average Bonchev–Trinajstić information content (AvgIpc) is 2.12. The van der Waals surface area contributed by atoms with Gasteiger partial charge in [-0.2, -0.15) is 4.39 Å². The Morgan fingerprint density at radius 1 is 1.67 bits per heavy atom. The number of hydrogen-bond donors (Lipinski definition) is 0. The lowest BCUT2D eigenvalue weighted by molar-refractivity contribution is 0.390. The molecule has 0 aromatic carbocycles. The van der Waals surface area contributed by atoms with Crippen LogP contribution in [-0.2, 0) is 0 Å². The third kappa shape index (κ3) is 1.05. The molecule has 9 heavy (non-hydrogen) atoms. The van der Waals surface area contributed by atoms with Crippen LogP contribution in [0.3, 0.4) is 0 Å². The number of halogens is 1. The maximum absolute atomic E-state index is 12.5. The molecule has 0 saturated carbocycles. The van der Waals surface area contributed by atoms with Gasteiger partial charge in [0.1, 0.15) is 0 Å². The van der Waals surface area contributed by atoms with Crippen molar-refractivity contribution in [2.45, 2.75) is 6.92 Å². The number of ether oxygens (including phenoxy) is 1. The van der Waals surface area contributed by atoms with E-state index in [2.05, 4.69) is 0 Å². The molecule has 1 aromatic heterocycles. The van der Waals surface area contributed by atoms with Gasteiger partial charge < -0.3 is 4.74 Å². The first-order valence-electron chi connectivity index (χ1n) is 2.53. The second-order valence-electron chi connectivity index (χ2n) is 1.73. The molecule has 0 saturated heterocycles. The number of methoxy groups -OCH3 is 1.